The van der Waals surface area contributed by atoms with Gasteiger partial charge in [-0.25, -0.2) is 4.98 Å². The fourth-order valence-corrected chi connectivity index (χ4v) is 1.65. The summed E-state index contributed by atoms with van der Waals surface area (Å²) in [5.74, 6) is 1.03. The molecule has 0 amide bonds. The second-order valence-corrected chi connectivity index (χ2v) is 3.35. The first-order valence-corrected chi connectivity index (χ1v) is 4.09. The second kappa shape index (κ2) is 2.41. The molecule has 0 spiro atoms. The maximum absolute atomic E-state index is 4.29. The van der Waals surface area contributed by atoms with Gasteiger partial charge < -0.3 is 4.31 Å². The quantitative estimate of drug-likeness (QED) is 0.589. The van der Waals surface area contributed by atoms with Gasteiger partial charge in [0.2, 0.25) is 0 Å². The molecule has 0 atom stereocenters. The molecule has 0 radical (unpaired) electrons. The number of hydrogen-bond acceptors (Lipinski definition) is 3. The van der Waals surface area contributed by atoms with Gasteiger partial charge >= 0.3 is 0 Å². The van der Waals surface area contributed by atoms with Gasteiger partial charge in [0.25, 0.3) is 0 Å². The minimum Gasteiger partial charge on any atom is -0.303 e. The average molecular weight is 166 g/mol. The van der Waals surface area contributed by atoms with E-state index in [1.54, 1.807) is 0 Å². The van der Waals surface area contributed by atoms with Crippen LogP contribution in [0.4, 0.5) is 5.82 Å². The number of aryl methyl sites for hydroxylation is 1. The van der Waals surface area contributed by atoms with Crippen LogP contribution < -0.4 is 4.31 Å². The Morgan fingerprint density at radius 3 is 3.27 bits per heavy atom. The van der Waals surface area contributed by atoms with E-state index in [0.717, 1.165) is 18.8 Å². The number of nitrogens with zero attached hydrogens (tertiary/aromatic N) is 2. The number of pyridine rings is 1. The molecule has 2 nitrogen and oxygen atoms in total. The van der Waals surface area contributed by atoms with Gasteiger partial charge in [0.05, 0.1) is 0 Å². The molecule has 0 N–H and O–H groups in total. The lowest BCUT2D eigenvalue weighted by Gasteiger charge is -2.07. The zero-order valence-corrected chi connectivity index (χ0v) is 7.30. The highest BCUT2D eigenvalue weighted by Gasteiger charge is 2.16. The first kappa shape index (κ1) is 6.98. The molecular weight excluding hydrogens is 156 g/mol. The first-order chi connectivity index (χ1) is 5.27. The summed E-state index contributed by atoms with van der Waals surface area (Å²) < 4.78 is 1.90. The predicted molar refractivity (Wildman–Crippen MR) is 49.0 cm³/mol. The van der Waals surface area contributed by atoms with Crippen LogP contribution in [0, 0.1) is 6.92 Å². The Balaban J connectivity index is 2.50. The Kier molecular flexibility index (Phi) is 1.53. The van der Waals surface area contributed by atoms with E-state index in [4.69, 9.17) is 0 Å². The van der Waals surface area contributed by atoms with Gasteiger partial charge in [-0.3, -0.25) is 0 Å². The van der Waals surface area contributed by atoms with Crippen molar-refractivity contribution in [1.29, 1.82) is 0 Å². The van der Waals surface area contributed by atoms with Crippen LogP contribution in [0.25, 0.3) is 0 Å². The van der Waals surface area contributed by atoms with Crippen LogP contribution in [0.15, 0.2) is 12.3 Å². The third-order valence-corrected chi connectivity index (χ3v) is 2.31. The fraction of sp³-hybridized carbons (Fsp3) is 0.375. The first-order valence-electron chi connectivity index (χ1n) is 3.69. The highest BCUT2D eigenvalue weighted by atomic mass is 32.1. The normalized spacial score (nSPS) is 15.3. The van der Waals surface area contributed by atoms with Crippen LogP contribution in [-0.2, 0) is 6.42 Å². The summed E-state index contributed by atoms with van der Waals surface area (Å²) in [6.45, 7) is 3.04. The van der Waals surface area contributed by atoms with E-state index in [2.05, 4.69) is 30.8 Å². The van der Waals surface area contributed by atoms with Gasteiger partial charge in [-0.1, -0.05) is 18.9 Å². The van der Waals surface area contributed by atoms with Crippen molar-refractivity contribution in [3.8, 4) is 0 Å². The van der Waals surface area contributed by atoms with Crippen molar-refractivity contribution < 1.29 is 0 Å². The van der Waals surface area contributed by atoms with Crippen LogP contribution in [-0.4, -0.2) is 11.5 Å². The van der Waals surface area contributed by atoms with Crippen molar-refractivity contribution in [2.45, 2.75) is 13.3 Å². The predicted octanol–water partition coefficient (Wildman–Crippen LogP) is 1.60. The maximum Gasteiger partial charge on any atom is 0.141 e. The van der Waals surface area contributed by atoms with E-state index in [-0.39, 0.29) is 0 Å². The Hall–Kier alpha value is -0.700. The van der Waals surface area contributed by atoms with Crippen LogP contribution in [0.1, 0.15) is 11.1 Å². The number of thiol groups is 1. The van der Waals surface area contributed by atoms with E-state index in [1.807, 2.05) is 10.5 Å². The second-order valence-electron chi connectivity index (χ2n) is 2.87. The van der Waals surface area contributed by atoms with Crippen LogP contribution in [0.2, 0.25) is 0 Å². The van der Waals surface area contributed by atoms with Crippen molar-refractivity contribution in [2.75, 3.05) is 10.8 Å². The third kappa shape index (κ3) is 1.09. The molecule has 0 aliphatic carbocycles. The fourth-order valence-electron chi connectivity index (χ4n) is 1.37. The molecule has 0 saturated heterocycles. The summed E-state index contributed by atoms with van der Waals surface area (Å²) in [7, 11) is 0. The Bertz CT molecular complexity index is 285. The third-order valence-electron chi connectivity index (χ3n) is 1.92. The van der Waals surface area contributed by atoms with Crippen molar-refractivity contribution in [1.82, 2.24) is 4.98 Å². The number of rotatable bonds is 0. The molecule has 1 aliphatic heterocycles. The minimum atomic E-state index is 0.981. The number of anilines is 1. The summed E-state index contributed by atoms with van der Waals surface area (Å²) in [4.78, 5) is 4.29. The number of hydrogen-bond donors (Lipinski definition) is 1. The van der Waals surface area contributed by atoms with E-state index in [1.165, 1.54) is 11.1 Å². The van der Waals surface area contributed by atoms with Gasteiger partial charge in [0.1, 0.15) is 5.82 Å². The van der Waals surface area contributed by atoms with Crippen molar-refractivity contribution in [3.63, 3.8) is 0 Å². The van der Waals surface area contributed by atoms with Crippen LogP contribution >= 0.6 is 12.8 Å². The number of aromatic nitrogens is 1. The molecule has 3 heteroatoms. The van der Waals surface area contributed by atoms with Gasteiger partial charge in [-0.2, -0.15) is 0 Å². The molecular formula is C8H10N2S. The highest BCUT2D eigenvalue weighted by molar-refractivity contribution is 7.81. The van der Waals surface area contributed by atoms with Crippen LogP contribution in [0.5, 0.6) is 0 Å². The lowest BCUT2D eigenvalue weighted by atomic mass is 10.2. The maximum atomic E-state index is 4.29. The summed E-state index contributed by atoms with van der Waals surface area (Å²) in [6, 6.07) is 2.18. The minimum absolute atomic E-state index is 0.981. The molecule has 1 aliphatic rings. The average Bonchev–Trinajstić information content (AvgIpc) is 2.32. The van der Waals surface area contributed by atoms with E-state index >= 15 is 0 Å². The largest absolute Gasteiger partial charge is 0.303 e. The summed E-state index contributed by atoms with van der Waals surface area (Å²) in [5.41, 5.74) is 2.55. The van der Waals surface area contributed by atoms with Gasteiger partial charge in [-0.15, -0.1) is 0 Å². The molecule has 0 bridgehead atoms. The Morgan fingerprint density at radius 1 is 1.64 bits per heavy atom. The molecule has 0 fully saturated rings. The molecule has 58 valence electrons. The molecule has 0 aromatic carbocycles. The smallest absolute Gasteiger partial charge is 0.141 e. The van der Waals surface area contributed by atoms with E-state index in [9.17, 15) is 0 Å². The lowest BCUT2D eigenvalue weighted by molar-refractivity contribution is 1.05. The zero-order chi connectivity index (χ0) is 7.84. The molecule has 1 aromatic rings. The summed E-state index contributed by atoms with van der Waals surface area (Å²) in [5, 5.41) is 0. The van der Waals surface area contributed by atoms with Crippen molar-refractivity contribution >= 4 is 18.6 Å². The molecule has 0 unspecified atom stereocenters. The zero-order valence-electron chi connectivity index (χ0n) is 6.41. The standard InChI is InChI=1S/C8H10N2S/c1-6-4-7-2-3-10(11)8(7)9-5-6/h4-5,11H,2-3H2,1H3. The monoisotopic (exact) mass is 166 g/mol. The van der Waals surface area contributed by atoms with Gasteiger partial charge in [-0.05, 0) is 24.5 Å². The number of fused-ring (bicyclic) bond motifs is 1. The topological polar surface area (TPSA) is 16.1 Å². The van der Waals surface area contributed by atoms with Gasteiger partial charge in [0, 0.05) is 12.7 Å². The summed E-state index contributed by atoms with van der Waals surface area (Å²) in [6.07, 6.45) is 2.96. The molecule has 1 aromatic heterocycles. The van der Waals surface area contributed by atoms with Crippen molar-refractivity contribution in [3.05, 3.63) is 23.4 Å². The van der Waals surface area contributed by atoms with Crippen LogP contribution in [0.3, 0.4) is 0 Å². The van der Waals surface area contributed by atoms with E-state index < -0.39 is 0 Å². The molecule has 0 saturated carbocycles. The SMILES string of the molecule is Cc1cnc2c(c1)CCN2S. The lowest BCUT2D eigenvalue weighted by Crippen LogP contribution is -2.05. The molecule has 2 rings (SSSR count). The summed E-state index contributed by atoms with van der Waals surface area (Å²) >= 11 is 4.28. The Labute approximate surface area is 71.8 Å². The van der Waals surface area contributed by atoms with Gasteiger partial charge in [0.15, 0.2) is 0 Å². The molecule has 11 heavy (non-hydrogen) atoms. The van der Waals surface area contributed by atoms with E-state index in [0.29, 0.717) is 0 Å². The molecule has 2 heterocycles. The van der Waals surface area contributed by atoms with Crippen molar-refractivity contribution in [2.24, 2.45) is 0 Å². The highest BCUT2D eigenvalue weighted by Crippen LogP contribution is 2.26. The Morgan fingerprint density at radius 2 is 2.45 bits per heavy atom.